The number of rotatable bonds is 8. The molecular formula is C10H21NO3. The highest BCUT2D eigenvalue weighted by Gasteiger charge is 2.15. The van der Waals surface area contributed by atoms with Gasteiger partial charge in [0.2, 0.25) is 0 Å². The molecule has 0 fully saturated rings. The lowest BCUT2D eigenvalue weighted by Gasteiger charge is -2.14. The first-order valence-electron chi connectivity index (χ1n) is 5.15. The van der Waals surface area contributed by atoms with Crippen LogP contribution in [0, 0.1) is 0 Å². The van der Waals surface area contributed by atoms with Crippen molar-refractivity contribution in [1.29, 1.82) is 0 Å². The van der Waals surface area contributed by atoms with Crippen molar-refractivity contribution < 1.29 is 14.6 Å². The SMILES string of the molecule is CCCNC(CCOC(C)C)C(=O)O. The van der Waals surface area contributed by atoms with Crippen molar-refractivity contribution in [1.82, 2.24) is 5.32 Å². The zero-order valence-corrected chi connectivity index (χ0v) is 9.25. The van der Waals surface area contributed by atoms with Gasteiger partial charge in [0.1, 0.15) is 6.04 Å². The standard InChI is InChI=1S/C10H21NO3/c1-4-6-11-9(10(12)13)5-7-14-8(2)3/h8-9,11H,4-7H2,1-3H3,(H,12,13). The Kier molecular flexibility index (Phi) is 7.42. The van der Waals surface area contributed by atoms with Crippen LogP contribution in [0.15, 0.2) is 0 Å². The van der Waals surface area contributed by atoms with E-state index in [0.717, 1.165) is 13.0 Å². The van der Waals surface area contributed by atoms with Crippen molar-refractivity contribution in [2.45, 2.75) is 45.8 Å². The quantitative estimate of drug-likeness (QED) is 0.623. The fourth-order valence-electron chi connectivity index (χ4n) is 1.05. The number of carbonyl (C=O) groups is 1. The number of carboxylic acid groups (broad SMARTS) is 1. The third kappa shape index (κ3) is 6.86. The second-order valence-corrected chi connectivity index (χ2v) is 3.55. The first-order chi connectivity index (χ1) is 6.57. The molecule has 0 rings (SSSR count). The monoisotopic (exact) mass is 203 g/mol. The third-order valence-corrected chi connectivity index (χ3v) is 1.80. The van der Waals surface area contributed by atoms with Crippen LogP contribution >= 0.6 is 0 Å². The van der Waals surface area contributed by atoms with Crippen molar-refractivity contribution in [2.75, 3.05) is 13.2 Å². The molecule has 0 radical (unpaired) electrons. The minimum Gasteiger partial charge on any atom is -0.480 e. The summed E-state index contributed by atoms with van der Waals surface area (Å²) in [5.74, 6) is -0.800. The van der Waals surface area contributed by atoms with E-state index < -0.39 is 12.0 Å². The van der Waals surface area contributed by atoms with E-state index in [0.29, 0.717) is 13.0 Å². The molecule has 1 unspecified atom stereocenters. The Bertz CT molecular complexity index is 159. The number of nitrogens with one attached hydrogen (secondary N) is 1. The third-order valence-electron chi connectivity index (χ3n) is 1.80. The van der Waals surface area contributed by atoms with E-state index in [9.17, 15) is 4.79 Å². The Morgan fingerprint density at radius 1 is 1.50 bits per heavy atom. The lowest BCUT2D eigenvalue weighted by Crippen LogP contribution is -2.38. The highest BCUT2D eigenvalue weighted by Crippen LogP contribution is 1.96. The fraction of sp³-hybridized carbons (Fsp3) is 0.900. The van der Waals surface area contributed by atoms with Gasteiger partial charge >= 0.3 is 5.97 Å². The molecule has 0 aliphatic heterocycles. The zero-order valence-electron chi connectivity index (χ0n) is 9.25. The van der Waals surface area contributed by atoms with E-state index in [1.165, 1.54) is 0 Å². The van der Waals surface area contributed by atoms with E-state index >= 15 is 0 Å². The summed E-state index contributed by atoms with van der Waals surface area (Å²) in [6.07, 6.45) is 1.62. The number of hydrogen-bond acceptors (Lipinski definition) is 3. The van der Waals surface area contributed by atoms with Gasteiger partial charge in [0.05, 0.1) is 6.10 Å². The summed E-state index contributed by atoms with van der Waals surface area (Å²) in [6.45, 7) is 7.12. The molecule has 4 heteroatoms. The van der Waals surface area contributed by atoms with Crippen LogP contribution in [0.5, 0.6) is 0 Å². The second-order valence-electron chi connectivity index (χ2n) is 3.55. The minimum absolute atomic E-state index is 0.163. The van der Waals surface area contributed by atoms with E-state index in [1.54, 1.807) is 0 Å². The molecule has 0 aromatic carbocycles. The molecular weight excluding hydrogens is 182 g/mol. The average molecular weight is 203 g/mol. The summed E-state index contributed by atoms with van der Waals surface area (Å²) in [6, 6.07) is -0.478. The first kappa shape index (κ1) is 13.4. The smallest absolute Gasteiger partial charge is 0.320 e. The molecule has 0 bridgehead atoms. The maximum atomic E-state index is 10.8. The van der Waals surface area contributed by atoms with Gasteiger partial charge in [-0.15, -0.1) is 0 Å². The average Bonchev–Trinajstić information content (AvgIpc) is 2.09. The molecule has 0 aliphatic rings. The topological polar surface area (TPSA) is 58.6 Å². The molecule has 4 nitrogen and oxygen atoms in total. The molecule has 0 saturated carbocycles. The van der Waals surface area contributed by atoms with Crippen molar-refractivity contribution in [3.05, 3.63) is 0 Å². The normalized spacial score (nSPS) is 13.1. The van der Waals surface area contributed by atoms with Gasteiger partial charge in [-0.05, 0) is 33.2 Å². The predicted molar refractivity (Wildman–Crippen MR) is 55.4 cm³/mol. The van der Waals surface area contributed by atoms with Gasteiger partial charge < -0.3 is 15.2 Å². The van der Waals surface area contributed by atoms with Gasteiger partial charge in [-0.25, -0.2) is 0 Å². The van der Waals surface area contributed by atoms with E-state index in [4.69, 9.17) is 9.84 Å². The Morgan fingerprint density at radius 2 is 2.14 bits per heavy atom. The Hall–Kier alpha value is -0.610. The van der Waals surface area contributed by atoms with Gasteiger partial charge in [0, 0.05) is 6.61 Å². The molecule has 0 saturated heterocycles. The number of aliphatic carboxylic acids is 1. The molecule has 1 atom stereocenters. The van der Waals surface area contributed by atoms with Crippen LogP contribution in [0.3, 0.4) is 0 Å². The largest absolute Gasteiger partial charge is 0.480 e. The van der Waals surface area contributed by atoms with Gasteiger partial charge in [0.15, 0.2) is 0 Å². The molecule has 0 spiro atoms. The molecule has 0 amide bonds. The lowest BCUT2D eigenvalue weighted by molar-refractivity contribution is -0.140. The Labute approximate surface area is 85.6 Å². The fourth-order valence-corrected chi connectivity index (χ4v) is 1.05. The van der Waals surface area contributed by atoms with Crippen LogP contribution < -0.4 is 5.32 Å². The lowest BCUT2D eigenvalue weighted by atomic mass is 10.2. The van der Waals surface area contributed by atoms with Gasteiger partial charge in [0.25, 0.3) is 0 Å². The number of hydrogen-bond donors (Lipinski definition) is 2. The van der Waals surface area contributed by atoms with Crippen LogP contribution in [0.1, 0.15) is 33.6 Å². The zero-order chi connectivity index (χ0) is 11.0. The van der Waals surface area contributed by atoms with Crippen LogP contribution in [0.2, 0.25) is 0 Å². The molecule has 0 heterocycles. The Balaban J connectivity index is 3.68. The molecule has 0 aromatic heterocycles. The summed E-state index contributed by atoms with van der Waals surface area (Å²) in [5.41, 5.74) is 0. The number of carboxylic acids is 1. The highest BCUT2D eigenvalue weighted by molar-refractivity contribution is 5.73. The van der Waals surface area contributed by atoms with Gasteiger partial charge in [-0.2, -0.15) is 0 Å². The van der Waals surface area contributed by atoms with Crippen LogP contribution in [0.25, 0.3) is 0 Å². The van der Waals surface area contributed by atoms with E-state index in [-0.39, 0.29) is 6.10 Å². The van der Waals surface area contributed by atoms with Crippen LogP contribution in [-0.4, -0.2) is 36.4 Å². The maximum absolute atomic E-state index is 10.8. The summed E-state index contributed by atoms with van der Waals surface area (Å²) < 4.78 is 5.30. The van der Waals surface area contributed by atoms with Crippen LogP contribution in [0.4, 0.5) is 0 Å². The van der Waals surface area contributed by atoms with Crippen molar-refractivity contribution >= 4 is 5.97 Å². The highest BCUT2D eigenvalue weighted by atomic mass is 16.5. The summed E-state index contributed by atoms with van der Waals surface area (Å²) in [7, 11) is 0. The Morgan fingerprint density at radius 3 is 2.57 bits per heavy atom. The van der Waals surface area contributed by atoms with Gasteiger partial charge in [-0.1, -0.05) is 6.92 Å². The summed E-state index contributed by atoms with van der Waals surface area (Å²) in [5, 5.41) is 11.8. The van der Waals surface area contributed by atoms with Crippen molar-refractivity contribution in [3.8, 4) is 0 Å². The molecule has 0 aromatic rings. The van der Waals surface area contributed by atoms with Crippen molar-refractivity contribution in [3.63, 3.8) is 0 Å². The first-order valence-corrected chi connectivity index (χ1v) is 5.15. The predicted octanol–water partition coefficient (Wildman–Crippen LogP) is 1.25. The van der Waals surface area contributed by atoms with Crippen LogP contribution in [-0.2, 0) is 9.53 Å². The summed E-state index contributed by atoms with van der Waals surface area (Å²) in [4.78, 5) is 10.8. The molecule has 14 heavy (non-hydrogen) atoms. The molecule has 0 aliphatic carbocycles. The second kappa shape index (κ2) is 7.76. The molecule has 2 N–H and O–H groups in total. The van der Waals surface area contributed by atoms with Crippen molar-refractivity contribution in [2.24, 2.45) is 0 Å². The number of ether oxygens (including phenoxy) is 1. The van der Waals surface area contributed by atoms with Gasteiger partial charge in [-0.3, -0.25) is 4.79 Å². The summed E-state index contributed by atoms with van der Waals surface area (Å²) >= 11 is 0. The minimum atomic E-state index is -0.800. The maximum Gasteiger partial charge on any atom is 0.320 e. The molecule has 84 valence electrons. The van der Waals surface area contributed by atoms with E-state index in [2.05, 4.69) is 5.32 Å². The van der Waals surface area contributed by atoms with E-state index in [1.807, 2.05) is 20.8 Å².